The van der Waals surface area contributed by atoms with Crippen LogP contribution in [0.4, 0.5) is 0 Å². The van der Waals surface area contributed by atoms with E-state index in [0.29, 0.717) is 18.5 Å². The van der Waals surface area contributed by atoms with Crippen molar-refractivity contribution in [3.05, 3.63) is 0 Å². The molecule has 2 rings (SSSR count). The molecule has 0 bridgehead atoms. The molecule has 1 aliphatic carbocycles. The van der Waals surface area contributed by atoms with E-state index in [1.165, 1.54) is 51.4 Å². The molecule has 4 heteroatoms. The Morgan fingerprint density at radius 2 is 1.89 bits per heavy atom. The molecular formula is C14H27ClN2O. The van der Waals surface area contributed by atoms with Crippen LogP contribution in [0.3, 0.4) is 0 Å². The third-order valence-electron chi connectivity index (χ3n) is 4.36. The van der Waals surface area contributed by atoms with Gasteiger partial charge < -0.3 is 10.2 Å². The summed E-state index contributed by atoms with van der Waals surface area (Å²) in [5, 5.41) is 2.98. The van der Waals surface area contributed by atoms with Gasteiger partial charge in [0.05, 0.1) is 6.54 Å². The number of nitrogens with one attached hydrogen (secondary N) is 1. The van der Waals surface area contributed by atoms with Crippen molar-refractivity contribution < 1.29 is 4.79 Å². The fourth-order valence-electron chi connectivity index (χ4n) is 3.47. The third-order valence-corrected chi connectivity index (χ3v) is 4.36. The molecule has 106 valence electrons. The average molecular weight is 275 g/mol. The zero-order valence-corrected chi connectivity index (χ0v) is 12.3. The predicted molar refractivity (Wildman–Crippen MR) is 77.1 cm³/mol. The van der Waals surface area contributed by atoms with Crippen molar-refractivity contribution in [2.45, 2.75) is 57.4 Å². The van der Waals surface area contributed by atoms with Gasteiger partial charge in [0.15, 0.2) is 0 Å². The van der Waals surface area contributed by atoms with Crippen LogP contribution >= 0.6 is 12.4 Å². The van der Waals surface area contributed by atoms with Crippen LogP contribution in [0.5, 0.6) is 0 Å². The maximum Gasteiger partial charge on any atom is 0.236 e. The summed E-state index contributed by atoms with van der Waals surface area (Å²) in [4.78, 5) is 14.1. The lowest BCUT2D eigenvalue weighted by Gasteiger charge is -2.30. The van der Waals surface area contributed by atoms with E-state index < -0.39 is 0 Å². The molecule has 3 nitrogen and oxygen atoms in total. The molecule has 18 heavy (non-hydrogen) atoms. The van der Waals surface area contributed by atoms with Gasteiger partial charge in [-0.15, -0.1) is 12.4 Å². The fraction of sp³-hybridized carbons (Fsp3) is 0.929. The molecule has 1 atom stereocenters. The van der Waals surface area contributed by atoms with Crippen LogP contribution in [0.25, 0.3) is 0 Å². The van der Waals surface area contributed by atoms with E-state index in [0.717, 1.165) is 12.5 Å². The van der Waals surface area contributed by atoms with Crippen molar-refractivity contribution in [2.75, 3.05) is 20.1 Å². The Hall–Kier alpha value is -0.280. The molecule has 2 fully saturated rings. The van der Waals surface area contributed by atoms with Gasteiger partial charge in [-0.05, 0) is 32.2 Å². The molecule has 1 saturated heterocycles. The van der Waals surface area contributed by atoms with E-state index in [1.807, 2.05) is 7.05 Å². The van der Waals surface area contributed by atoms with E-state index in [-0.39, 0.29) is 12.4 Å². The molecule has 1 heterocycles. The predicted octanol–water partition coefficient (Wildman–Crippen LogP) is 2.59. The Labute approximate surface area is 117 Å². The van der Waals surface area contributed by atoms with E-state index >= 15 is 0 Å². The lowest BCUT2D eigenvalue weighted by Crippen LogP contribution is -2.41. The number of amides is 1. The number of rotatable bonds is 4. The van der Waals surface area contributed by atoms with Gasteiger partial charge in [0.1, 0.15) is 0 Å². The van der Waals surface area contributed by atoms with Crippen LogP contribution in [0, 0.1) is 5.92 Å². The summed E-state index contributed by atoms with van der Waals surface area (Å²) in [6.45, 7) is 1.49. The minimum atomic E-state index is 0. The minimum Gasteiger partial charge on any atom is -0.339 e. The lowest BCUT2D eigenvalue weighted by atomic mass is 9.84. The summed E-state index contributed by atoms with van der Waals surface area (Å²) in [5.74, 6) is 1.18. The molecule has 0 aromatic carbocycles. The summed E-state index contributed by atoms with van der Waals surface area (Å²) in [5.41, 5.74) is 0. The summed E-state index contributed by atoms with van der Waals surface area (Å²) in [6, 6.07) is 0.541. The normalized spacial score (nSPS) is 24.9. The first-order valence-electron chi connectivity index (χ1n) is 7.25. The number of likely N-dealkylation sites (tertiary alicyclic amines) is 1. The number of hydrogen-bond acceptors (Lipinski definition) is 2. The van der Waals surface area contributed by atoms with Gasteiger partial charge in [0.25, 0.3) is 0 Å². The van der Waals surface area contributed by atoms with Gasteiger partial charge in [-0.1, -0.05) is 32.1 Å². The van der Waals surface area contributed by atoms with Crippen LogP contribution in [0.2, 0.25) is 0 Å². The Bertz CT molecular complexity index is 254. The van der Waals surface area contributed by atoms with Crippen molar-refractivity contribution in [3.8, 4) is 0 Å². The maximum absolute atomic E-state index is 12.0. The second-order valence-corrected chi connectivity index (χ2v) is 5.65. The molecule has 0 radical (unpaired) electrons. The van der Waals surface area contributed by atoms with Gasteiger partial charge in [-0.2, -0.15) is 0 Å². The van der Waals surface area contributed by atoms with Crippen molar-refractivity contribution in [2.24, 2.45) is 5.92 Å². The van der Waals surface area contributed by atoms with E-state index in [9.17, 15) is 4.79 Å². The van der Waals surface area contributed by atoms with Crippen molar-refractivity contribution in [3.63, 3.8) is 0 Å². The Balaban J connectivity index is 0.00000162. The number of nitrogens with zero attached hydrogens (tertiary/aromatic N) is 1. The molecule has 1 amide bonds. The van der Waals surface area contributed by atoms with E-state index in [4.69, 9.17) is 0 Å². The molecule has 1 aliphatic heterocycles. The first-order valence-corrected chi connectivity index (χ1v) is 7.25. The van der Waals surface area contributed by atoms with Gasteiger partial charge in [0.2, 0.25) is 5.91 Å². The molecule has 0 aromatic rings. The van der Waals surface area contributed by atoms with Gasteiger partial charge in [-0.3, -0.25) is 4.79 Å². The van der Waals surface area contributed by atoms with Crippen LogP contribution in [-0.2, 0) is 4.79 Å². The highest BCUT2D eigenvalue weighted by Gasteiger charge is 2.30. The first-order chi connectivity index (χ1) is 8.31. The van der Waals surface area contributed by atoms with Crippen molar-refractivity contribution >= 4 is 18.3 Å². The second-order valence-electron chi connectivity index (χ2n) is 5.65. The summed E-state index contributed by atoms with van der Waals surface area (Å²) in [7, 11) is 1.85. The first kappa shape index (κ1) is 15.8. The van der Waals surface area contributed by atoms with Crippen LogP contribution < -0.4 is 5.32 Å². The zero-order valence-electron chi connectivity index (χ0n) is 11.5. The largest absolute Gasteiger partial charge is 0.339 e. The fourth-order valence-corrected chi connectivity index (χ4v) is 3.47. The topological polar surface area (TPSA) is 32.3 Å². The standard InChI is InChI=1S/C14H26N2O.ClH/c1-15-11-14(17)16-9-5-8-13(16)10-12-6-3-2-4-7-12;/h12-13,15H,2-11H2,1H3;1H. The maximum atomic E-state index is 12.0. The number of hydrogen-bond donors (Lipinski definition) is 1. The van der Waals surface area contributed by atoms with Crippen molar-refractivity contribution in [1.29, 1.82) is 0 Å². The molecule has 1 N–H and O–H groups in total. The Morgan fingerprint density at radius 3 is 2.56 bits per heavy atom. The number of carbonyl (C=O) groups is 1. The van der Waals surface area contributed by atoms with Gasteiger partial charge in [-0.25, -0.2) is 0 Å². The highest BCUT2D eigenvalue weighted by molar-refractivity contribution is 5.85. The smallest absolute Gasteiger partial charge is 0.236 e. The molecule has 2 aliphatic rings. The molecule has 1 unspecified atom stereocenters. The molecule has 0 spiro atoms. The van der Waals surface area contributed by atoms with Crippen LogP contribution in [0.1, 0.15) is 51.4 Å². The average Bonchev–Trinajstić information content (AvgIpc) is 2.79. The summed E-state index contributed by atoms with van der Waals surface area (Å²) < 4.78 is 0. The van der Waals surface area contributed by atoms with E-state index in [1.54, 1.807) is 0 Å². The quantitative estimate of drug-likeness (QED) is 0.855. The monoisotopic (exact) mass is 274 g/mol. The van der Waals surface area contributed by atoms with Crippen LogP contribution in [0.15, 0.2) is 0 Å². The molecule has 0 aromatic heterocycles. The number of likely N-dealkylation sites (N-methyl/N-ethyl adjacent to an activating group) is 1. The SMILES string of the molecule is CNCC(=O)N1CCCC1CC1CCCCC1.Cl. The minimum absolute atomic E-state index is 0. The van der Waals surface area contributed by atoms with Gasteiger partial charge >= 0.3 is 0 Å². The number of halogens is 1. The zero-order chi connectivity index (χ0) is 12.1. The second kappa shape index (κ2) is 8.00. The summed E-state index contributed by atoms with van der Waals surface area (Å²) in [6.07, 6.45) is 10.7. The lowest BCUT2D eigenvalue weighted by molar-refractivity contribution is -0.131. The van der Waals surface area contributed by atoms with Crippen molar-refractivity contribution in [1.82, 2.24) is 10.2 Å². The molecule has 1 saturated carbocycles. The number of carbonyl (C=O) groups excluding carboxylic acids is 1. The summed E-state index contributed by atoms with van der Waals surface area (Å²) >= 11 is 0. The Morgan fingerprint density at radius 1 is 1.17 bits per heavy atom. The third kappa shape index (κ3) is 4.13. The Kier molecular flexibility index (Phi) is 7.02. The van der Waals surface area contributed by atoms with Crippen LogP contribution in [-0.4, -0.2) is 37.0 Å². The molecular weight excluding hydrogens is 248 g/mol. The van der Waals surface area contributed by atoms with Gasteiger partial charge in [0, 0.05) is 12.6 Å². The van der Waals surface area contributed by atoms with E-state index in [2.05, 4.69) is 10.2 Å². The highest BCUT2D eigenvalue weighted by atomic mass is 35.5. The highest BCUT2D eigenvalue weighted by Crippen LogP contribution is 2.31.